The van der Waals surface area contributed by atoms with E-state index in [2.05, 4.69) is 41.9 Å². The fourth-order valence-corrected chi connectivity index (χ4v) is 2.41. The number of anilines is 1. The van der Waals surface area contributed by atoms with Gasteiger partial charge in [-0.1, -0.05) is 26.5 Å². The Labute approximate surface area is 137 Å². The summed E-state index contributed by atoms with van der Waals surface area (Å²) < 4.78 is 0. The van der Waals surface area contributed by atoms with E-state index in [9.17, 15) is 0 Å². The molecule has 118 valence electrons. The van der Waals surface area contributed by atoms with Gasteiger partial charge in [-0.2, -0.15) is 10.4 Å². The number of pyridine rings is 1. The lowest BCUT2D eigenvalue weighted by atomic mass is 10.0. The number of hydrogen-bond acceptors (Lipinski definition) is 5. The molecule has 1 aliphatic heterocycles. The van der Waals surface area contributed by atoms with E-state index in [0.717, 1.165) is 17.1 Å². The first kappa shape index (κ1) is 16.5. The minimum Gasteiger partial charge on any atom is -0.388 e. The predicted molar refractivity (Wildman–Crippen MR) is 94.7 cm³/mol. The number of rotatable bonds is 4. The number of aromatic nitrogens is 1. The van der Waals surface area contributed by atoms with Crippen molar-refractivity contribution in [2.24, 2.45) is 5.10 Å². The van der Waals surface area contributed by atoms with Gasteiger partial charge >= 0.3 is 0 Å². The van der Waals surface area contributed by atoms with Gasteiger partial charge in [0.15, 0.2) is 0 Å². The van der Waals surface area contributed by atoms with E-state index in [4.69, 9.17) is 5.26 Å². The third-order valence-corrected chi connectivity index (χ3v) is 3.63. The fourth-order valence-electron chi connectivity index (χ4n) is 2.41. The van der Waals surface area contributed by atoms with E-state index < -0.39 is 0 Å². The number of nitrogens with one attached hydrogen (secondary N) is 1. The number of allylic oxidation sites excluding steroid dienone is 3. The molecular weight excluding hydrogens is 286 g/mol. The molecule has 1 aliphatic rings. The summed E-state index contributed by atoms with van der Waals surface area (Å²) in [7, 11) is 1.90. The Kier molecular flexibility index (Phi) is 4.97. The lowest BCUT2D eigenvalue weighted by molar-refractivity contribution is 0.537. The second-order valence-corrected chi connectivity index (χ2v) is 5.49. The zero-order valence-electron chi connectivity index (χ0n) is 14.0. The largest absolute Gasteiger partial charge is 0.388 e. The minimum absolute atomic E-state index is 0.386. The molecule has 0 saturated carbocycles. The lowest BCUT2D eigenvalue weighted by Gasteiger charge is -2.25. The van der Waals surface area contributed by atoms with Crippen LogP contribution >= 0.6 is 0 Å². The third kappa shape index (κ3) is 3.32. The molecule has 0 radical (unpaired) electrons. The Bertz CT molecular complexity index is 747. The normalized spacial score (nSPS) is 14.8. The van der Waals surface area contributed by atoms with Crippen LogP contribution in [-0.2, 0) is 0 Å². The molecule has 0 atom stereocenters. The van der Waals surface area contributed by atoms with Crippen LogP contribution in [0, 0.1) is 11.3 Å². The molecule has 2 heterocycles. The predicted octanol–water partition coefficient (Wildman–Crippen LogP) is 3.87. The topological polar surface area (TPSA) is 64.3 Å². The zero-order valence-corrected chi connectivity index (χ0v) is 14.0. The molecule has 0 aromatic carbocycles. The average Bonchev–Trinajstić information content (AvgIpc) is 2.56. The van der Waals surface area contributed by atoms with E-state index in [1.54, 1.807) is 11.1 Å². The first-order valence-electron chi connectivity index (χ1n) is 7.51. The fraction of sp³-hybridized carbons (Fsp3) is 0.278. The molecule has 0 saturated heterocycles. The average molecular weight is 307 g/mol. The molecule has 1 aromatic heterocycles. The van der Waals surface area contributed by atoms with Crippen molar-refractivity contribution in [1.29, 1.82) is 5.26 Å². The number of nitriles is 1. The van der Waals surface area contributed by atoms with Crippen molar-refractivity contribution >= 4 is 17.6 Å². The van der Waals surface area contributed by atoms with Crippen LogP contribution in [0.3, 0.4) is 0 Å². The summed E-state index contributed by atoms with van der Waals surface area (Å²) in [6.07, 6.45) is 7.06. The van der Waals surface area contributed by atoms with Crippen molar-refractivity contribution in [2.45, 2.75) is 26.7 Å². The summed E-state index contributed by atoms with van der Waals surface area (Å²) in [5.41, 5.74) is 4.96. The standard InChI is InChI=1S/C18H21N5/c1-6-18(23-13(4)7-14(9-19)10-22-23)17-8-16(20-5)15(11-21-17)12(2)3/h6-8,10-12H,4H2,1-3,5H3,(H,20,21)/b18-6-. The number of hydrazone groups is 1. The van der Waals surface area contributed by atoms with E-state index >= 15 is 0 Å². The lowest BCUT2D eigenvalue weighted by Crippen LogP contribution is -2.18. The molecule has 1 aromatic rings. The summed E-state index contributed by atoms with van der Waals surface area (Å²) in [5.74, 6) is 0.386. The molecule has 2 rings (SSSR count). The first-order chi connectivity index (χ1) is 11.0. The van der Waals surface area contributed by atoms with Gasteiger partial charge in [-0.3, -0.25) is 4.98 Å². The van der Waals surface area contributed by atoms with Gasteiger partial charge in [-0.05, 0) is 30.5 Å². The number of hydrogen-bond donors (Lipinski definition) is 1. The van der Waals surface area contributed by atoms with Crippen LogP contribution in [0.1, 0.15) is 37.9 Å². The van der Waals surface area contributed by atoms with Crippen LogP contribution in [-0.4, -0.2) is 23.3 Å². The molecule has 23 heavy (non-hydrogen) atoms. The van der Waals surface area contributed by atoms with Crippen molar-refractivity contribution in [3.05, 3.63) is 53.5 Å². The van der Waals surface area contributed by atoms with Gasteiger partial charge in [0, 0.05) is 18.9 Å². The van der Waals surface area contributed by atoms with Gasteiger partial charge < -0.3 is 5.32 Å². The Morgan fingerprint density at radius 1 is 1.48 bits per heavy atom. The molecule has 5 nitrogen and oxygen atoms in total. The van der Waals surface area contributed by atoms with E-state index in [0.29, 0.717) is 17.2 Å². The molecule has 0 amide bonds. The highest BCUT2D eigenvalue weighted by atomic mass is 15.5. The van der Waals surface area contributed by atoms with Crippen LogP contribution in [0.5, 0.6) is 0 Å². The summed E-state index contributed by atoms with van der Waals surface area (Å²) in [5, 5.41) is 18.2. The Morgan fingerprint density at radius 3 is 2.74 bits per heavy atom. The maximum Gasteiger partial charge on any atom is 0.101 e. The van der Waals surface area contributed by atoms with Crippen LogP contribution in [0.15, 0.2) is 47.4 Å². The van der Waals surface area contributed by atoms with E-state index in [1.807, 2.05) is 32.3 Å². The molecule has 0 unspecified atom stereocenters. The first-order valence-corrected chi connectivity index (χ1v) is 7.51. The summed E-state index contributed by atoms with van der Waals surface area (Å²) in [6.45, 7) is 10.2. The molecule has 0 fully saturated rings. The van der Waals surface area contributed by atoms with Gasteiger partial charge in [-0.15, -0.1) is 0 Å². The molecule has 0 aliphatic carbocycles. The Balaban J connectivity index is 2.41. The quantitative estimate of drug-likeness (QED) is 0.917. The second kappa shape index (κ2) is 6.93. The van der Waals surface area contributed by atoms with Gasteiger partial charge in [-0.25, -0.2) is 5.01 Å². The highest BCUT2D eigenvalue weighted by Gasteiger charge is 2.18. The summed E-state index contributed by atoms with van der Waals surface area (Å²) >= 11 is 0. The van der Waals surface area contributed by atoms with Crippen molar-refractivity contribution in [2.75, 3.05) is 12.4 Å². The van der Waals surface area contributed by atoms with E-state index in [-0.39, 0.29) is 0 Å². The van der Waals surface area contributed by atoms with Gasteiger partial charge in [0.1, 0.15) is 6.07 Å². The zero-order chi connectivity index (χ0) is 17.0. The van der Waals surface area contributed by atoms with Crippen LogP contribution < -0.4 is 5.32 Å². The van der Waals surface area contributed by atoms with Crippen molar-refractivity contribution in [1.82, 2.24) is 9.99 Å². The van der Waals surface area contributed by atoms with Crippen molar-refractivity contribution in [3.8, 4) is 6.07 Å². The minimum atomic E-state index is 0.386. The maximum absolute atomic E-state index is 8.95. The highest BCUT2D eigenvalue weighted by molar-refractivity contribution is 5.86. The Morgan fingerprint density at radius 2 is 2.22 bits per heavy atom. The van der Waals surface area contributed by atoms with E-state index in [1.165, 1.54) is 11.8 Å². The van der Waals surface area contributed by atoms with Gasteiger partial charge in [0.05, 0.1) is 28.9 Å². The number of nitrogens with zero attached hydrogens (tertiary/aromatic N) is 4. The third-order valence-electron chi connectivity index (χ3n) is 3.63. The smallest absolute Gasteiger partial charge is 0.101 e. The molecule has 0 spiro atoms. The van der Waals surface area contributed by atoms with Gasteiger partial charge in [0.2, 0.25) is 0 Å². The van der Waals surface area contributed by atoms with Gasteiger partial charge in [0.25, 0.3) is 0 Å². The molecule has 1 N–H and O–H groups in total. The maximum atomic E-state index is 8.95. The van der Waals surface area contributed by atoms with Crippen LogP contribution in [0.2, 0.25) is 0 Å². The summed E-state index contributed by atoms with van der Waals surface area (Å²) in [6, 6.07) is 4.08. The molecule has 5 heteroatoms. The SMILES string of the molecule is C=C1C=C(C#N)C=NN1/C(=C\C)c1cc(NC)c(C(C)C)cn1. The van der Waals surface area contributed by atoms with Crippen LogP contribution in [0.4, 0.5) is 5.69 Å². The molecular formula is C18H21N5. The van der Waals surface area contributed by atoms with Crippen molar-refractivity contribution in [3.63, 3.8) is 0 Å². The highest BCUT2D eigenvalue weighted by Crippen LogP contribution is 2.30. The monoisotopic (exact) mass is 307 g/mol. The Hall–Kier alpha value is -2.87. The molecule has 0 bridgehead atoms. The van der Waals surface area contributed by atoms with Crippen LogP contribution in [0.25, 0.3) is 5.70 Å². The second-order valence-electron chi connectivity index (χ2n) is 5.49. The summed E-state index contributed by atoms with van der Waals surface area (Å²) in [4.78, 5) is 4.58. The van der Waals surface area contributed by atoms with Crippen molar-refractivity contribution < 1.29 is 0 Å².